The smallest absolute Gasteiger partial charge is 0.266 e. The molecule has 0 unspecified atom stereocenters. The number of rotatable bonds is 4. The molecule has 0 aliphatic carbocycles. The Labute approximate surface area is 199 Å². The summed E-state index contributed by atoms with van der Waals surface area (Å²) in [5, 5.41) is 3.82. The van der Waals surface area contributed by atoms with Crippen LogP contribution in [-0.4, -0.2) is 41.7 Å². The van der Waals surface area contributed by atoms with Crippen LogP contribution in [0.15, 0.2) is 29.2 Å². The van der Waals surface area contributed by atoms with Gasteiger partial charge in [-0.25, -0.2) is 18.4 Å². The van der Waals surface area contributed by atoms with Crippen LogP contribution in [0.1, 0.15) is 66.8 Å². The van der Waals surface area contributed by atoms with Crippen LogP contribution in [0.25, 0.3) is 10.2 Å². The molecule has 4 rings (SSSR count). The first-order valence-electron chi connectivity index (χ1n) is 11.2. The molecule has 0 bridgehead atoms. The van der Waals surface area contributed by atoms with Gasteiger partial charge in [0, 0.05) is 29.6 Å². The van der Waals surface area contributed by atoms with Crippen LogP contribution in [0.2, 0.25) is 0 Å². The Kier molecular flexibility index (Phi) is 6.32. The summed E-state index contributed by atoms with van der Waals surface area (Å²) in [4.78, 5) is 24.1. The van der Waals surface area contributed by atoms with Crippen LogP contribution in [0.3, 0.4) is 0 Å². The third kappa shape index (κ3) is 4.67. The van der Waals surface area contributed by atoms with Crippen LogP contribution >= 0.6 is 11.3 Å². The predicted molar refractivity (Wildman–Crippen MR) is 133 cm³/mol. The van der Waals surface area contributed by atoms with Crippen LogP contribution in [-0.2, 0) is 15.4 Å². The molecular weight excluding hydrogens is 456 g/mol. The zero-order valence-corrected chi connectivity index (χ0v) is 21.4. The number of piperidine rings is 1. The first-order chi connectivity index (χ1) is 15.5. The van der Waals surface area contributed by atoms with Crippen molar-refractivity contribution in [3.63, 3.8) is 0 Å². The van der Waals surface area contributed by atoms with E-state index >= 15 is 0 Å². The maximum absolute atomic E-state index is 13.1. The summed E-state index contributed by atoms with van der Waals surface area (Å²) in [5.74, 6) is 0.519. The van der Waals surface area contributed by atoms with Gasteiger partial charge in [-0.05, 0) is 56.5 Å². The van der Waals surface area contributed by atoms with Gasteiger partial charge in [-0.2, -0.15) is 4.31 Å². The highest BCUT2D eigenvalue weighted by molar-refractivity contribution is 7.89. The second-order valence-corrected chi connectivity index (χ2v) is 12.5. The SMILES string of the molecule is Cc1nc(C(C)(C)C)nc2sc(C(=O)Nc3ccc(S(=O)(=O)N4CCCCC4)cc3)c(C)c12. The molecule has 0 saturated carbocycles. The lowest BCUT2D eigenvalue weighted by molar-refractivity contribution is 0.103. The number of amides is 1. The number of carbonyl (C=O) groups excluding carboxylic acids is 1. The molecule has 0 spiro atoms. The lowest BCUT2D eigenvalue weighted by atomic mass is 9.95. The number of hydrogen-bond acceptors (Lipinski definition) is 6. The average molecular weight is 487 g/mol. The third-order valence-corrected chi connectivity index (χ3v) is 9.01. The molecule has 9 heteroatoms. The summed E-state index contributed by atoms with van der Waals surface area (Å²) < 4.78 is 27.2. The van der Waals surface area contributed by atoms with E-state index in [0.29, 0.717) is 23.7 Å². The van der Waals surface area contributed by atoms with Crippen molar-refractivity contribution in [2.45, 2.75) is 64.2 Å². The van der Waals surface area contributed by atoms with Gasteiger partial charge in [0.15, 0.2) is 0 Å². The molecule has 1 aliphatic rings. The average Bonchev–Trinajstić information content (AvgIpc) is 3.11. The van der Waals surface area contributed by atoms with Crippen molar-refractivity contribution in [3.8, 4) is 0 Å². The van der Waals surface area contributed by atoms with E-state index in [4.69, 9.17) is 4.98 Å². The van der Waals surface area contributed by atoms with Gasteiger partial charge in [0.2, 0.25) is 10.0 Å². The zero-order chi connectivity index (χ0) is 24.0. The van der Waals surface area contributed by atoms with Crippen molar-refractivity contribution >= 4 is 43.2 Å². The Balaban J connectivity index is 1.57. The third-order valence-electron chi connectivity index (χ3n) is 5.91. The van der Waals surface area contributed by atoms with E-state index in [1.54, 1.807) is 28.6 Å². The van der Waals surface area contributed by atoms with Gasteiger partial charge in [-0.3, -0.25) is 4.79 Å². The minimum atomic E-state index is -3.50. The molecule has 176 valence electrons. The molecule has 0 radical (unpaired) electrons. The fourth-order valence-electron chi connectivity index (χ4n) is 4.04. The molecule has 1 N–H and O–H groups in total. The quantitative estimate of drug-likeness (QED) is 0.558. The van der Waals surface area contributed by atoms with Crippen molar-refractivity contribution < 1.29 is 13.2 Å². The lowest BCUT2D eigenvalue weighted by Crippen LogP contribution is -2.35. The molecule has 2 aromatic heterocycles. The molecule has 0 atom stereocenters. The number of hydrogen-bond donors (Lipinski definition) is 1. The van der Waals surface area contributed by atoms with Crippen LogP contribution in [0, 0.1) is 13.8 Å². The largest absolute Gasteiger partial charge is 0.321 e. The molecule has 1 aliphatic heterocycles. The van der Waals surface area contributed by atoms with E-state index in [9.17, 15) is 13.2 Å². The maximum atomic E-state index is 13.1. The number of nitrogens with one attached hydrogen (secondary N) is 1. The predicted octanol–water partition coefficient (Wildman–Crippen LogP) is 5.03. The van der Waals surface area contributed by atoms with Crippen LogP contribution < -0.4 is 5.32 Å². The van der Waals surface area contributed by atoms with Gasteiger partial charge in [-0.15, -0.1) is 11.3 Å². The molecule has 3 aromatic rings. The Hall–Kier alpha value is -2.36. The van der Waals surface area contributed by atoms with Gasteiger partial charge in [0.25, 0.3) is 5.91 Å². The maximum Gasteiger partial charge on any atom is 0.266 e. The second kappa shape index (κ2) is 8.77. The van der Waals surface area contributed by atoms with E-state index in [2.05, 4.69) is 31.1 Å². The van der Waals surface area contributed by atoms with E-state index in [0.717, 1.165) is 46.6 Å². The van der Waals surface area contributed by atoms with Crippen LogP contribution in [0.4, 0.5) is 5.69 Å². The monoisotopic (exact) mass is 486 g/mol. The van der Waals surface area contributed by atoms with Gasteiger partial charge >= 0.3 is 0 Å². The number of nitrogens with zero attached hydrogens (tertiary/aromatic N) is 3. The highest BCUT2D eigenvalue weighted by Gasteiger charge is 2.26. The second-order valence-electron chi connectivity index (χ2n) is 9.56. The molecule has 1 saturated heterocycles. The van der Waals surface area contributed by atoms with Crippen molar-refractivity contribution in [1.29, 1.82) is 0 Å². The highest BCUT2D eigenvalue weighted by Crippen LogP contribution is 2.33. The van der Waals surface area contributed by atoms with Crippen molar-refractivity contribution in [2.75, 3.05) is 18.4 Å². The number of sulfonamides is 1. The van der Waals surface area contributed by atoms with E-state index in [1.165, 1.54) is 11.3 Å². The molecule has 1 fully saturated rings. The van der Waals surface area contributed by atoms with Gasteiger partial charge in [-0.1, -0.05) is 27.2 Å². The minimum Gasteiger partial charge on any atom is -0.321 e. The summed E-state index contributed by atoms with van der Waals surface area (Å²) in [5.41, 5.74) is 2.09. The van der Waals surface area contributed by atoms with Crippen LogP contribution in [0.5, 0.6) is 0 Å². The lowest BCUT2D eigenvalue weighted by Gasteiger charge is -2.25. The fourth-order valence-corrected chi connectivity index (χ4v) is 6.69. The Morgan fingerprint density at radius 2 is 1.67 bits per heavy atom. The van der Waals surface area contributed by atoms with E-state index in [1.807, 2.05) is 13.8 Å². The fraction of sp³-hybridized carbons (Fsp3) is 0.458. The number of aryl methyl sites for hydroxylation is 2. The number of fused-ring (bicyclic) bond motifs is 1. The summed E-state index contributed by atoms with van der Waals surface area (Å²) in [6.45, 7) is 11.2. The zero-order valence-electron chi connectivity index (χ0n) is 19.7. The Morgan fingerprint density at radius 3 is 2.27 bits per heavy atom. The Morgan fingerprint density at radius 1 is 1.03 bits per heavy atom. The molecule has 1 aromatic carbocycles. The Bertz CT molecular complexity index is 1300. The first kappa shape index (κ1) is 23.8. The van der Waals surface area contributed by atoms with E-state index < -0.39 is 10.0 Å². The minimum absolute atomic E-state index is 0.185. The molecule has 33 heavy (non-hydrogen) atoms. The van der Waals surface area contributed by atoms with Gasteiger partial charge in [0.05, 0.1) is 15.5 Å². The summed E-state index contributed by atoms with van der Waals surface area (Å²) >= 11 is 1.36. The standard InChI is InChI=1S/C24H30N4O3S2/c1-15-19-16(2)25-23(24(3,4)5)27-22(19)32-20(15)21(29)26-17-9-11-18(12-10-17)33(30,31)28-13-7-6-8-14-28/h9-12H,6-8,13-14H2,1-5H3,(H,26,29). The molecule has 3 heterocycles. The van der Waals surface area contributed by atoms with Crippen molar-refractivity contribution in [3.05, 3.63) is 46.2 Å². The van der Waals surface area contributed by atoms with Gasteiger partial charge < -0.3 is 5.32 Å². The number of carbonyl (C=O) groups is 1. The molecule has 1 amide bonds. The topological polar surface area (TPSA) is 92.3 Å². The summed E-state index contributed by atoms with van der Waals surface area (Å²) in [7, 11) is -3.50. The summed E-state index contributed by atoms with van der Waals surface area (Å²) in [6, 6.07) is 6.39. The summed E-state index contributed by atoms with van der Waals surface area (Å²) in [6.07, 6.45) is 2.85. The van der Waals surface area contributed by atoms with Crippen molar-refractivity contribution in [1.82, 2.24) is 14.3 Å². The number of benzene rings is 1. The number of thiophene rings is 1. The van der Waals surface area contributed by atoms with E-state index in [-0.39, 0.29) is 16.2 Å². The molecular formula is C24H30N4O3S2. The normalized spacial score (nSPS) is 15.7. The van der Waals surface area contributed by atoms with Gasteiger partial charge in [0.1, 0.15) is 10.7 Å². The first-order valence-corrected chi connectivity index (χ1v) is 13.4. The number of anilines is 1. The van der Waals surface area contributed by atoms with Crippen molar-refractivity contribution in [2.24, 2.45) is 0 Å². The number of aromatic nitrogens is 2. The highest BCUT2D eigenvalue weighted by atomic mass is 32.2. The molecule has 7 nitrogen and oxygen atoms in total.